The Bertz CT molecular complexity index is 269. The number of rotatable bonds is 0. The van der Waals surface area contributed by atoms with E-state index in [1.165, 1.54) is 0 Å². The van der Waals surface area contributed by atoms with Gasteiger partial charge in [-0.25, -0.2) is 0 Å². The van der Waals surface area contributed by atoms with Gasteiger partial charge in [0.05, 0.1) is 5.92 Å². The van der Waals surface area contributed by atoms with E-state index in [0.29, 0.717) is 5.92 Å². The molecule has 13 heavy (non-hydrogen) atoms. The monoisotopic (exact) mass is 374 g/mol. The first-order chi connectivity index (χ1) is 5.76. The zero-order valence-electron chi connectivity index (χ0n) is 7.18. The van der Waals surface area contributed by atoms with Crippen LogP contribution >= 0.6 is 47.8 Å². The summed E-state index contributed by atoms with van der Waals surface area (Å²) in [4.78, 5) is 11.4. The minimum absolute atomic E-state index is 0.0669. The summed E-state index contributed by atoms with van der Waals surface area (Å²) < 4.78 is 4.77. The van der Waals surface area contributed by atoms with E-state index in [1.54, 1.807) is 0 Å². The van der Waals surface area contributed by atoms with Gasteiger partial charge in [-0.2, -0.15) is 0 Å². The van der Waals surface area contributed by atoms with Crippen molar-refractivity contribution in [3.05, 3.63) is 0 Å². The van der Waals surface area contributed by atoms with Crippen LogP contribution in [-0.4, -0.2) is 14.2 Å². The maximum atomic E-state index is 11.4. The first-order valence-electron chi connectivity index (χ1n) is 4.03. The van der Waals surface area contributed by atoms with Gasteiger partial charge >= 0.3 is 5.97 Å². The Hall–Kier alpha value is 0.910. The zero-order valence-corrected chi connectivity index (χ0v) is 11.9. The van der Waals surface area contributed by atoms with E-state index in [-0.39, 0.29) is 23.4 Å². The maximum Gasteiger partial charge on any atom is 0.310 e. The summed E-state index contributed by atoms with van der Waals surface area (Å²) in [6.45, 7) is 4.21. The third-order valence-electron chi connectivity index (χ3n) is 3.06. The molecule has 2 nitrogen and oxygen atoms in total. The highest BCUT2D eigenvalue weighted by atomic mass is 80.0. The highest BCUT2D eigenvalue weighted by molar-refractivity contribution is 9.39. The lowest BCUT2D eigenvalue weighted by molar-refractivity contribution is -0.146. The van der Waals surface area contributed by atoms with E-state index < -0.39 is 2.14 Å². The van der Waals surface area contributed by atoms with Crippen LogP contribution in [0.2, 0.25) is 0 Å². The lowest BCUT2D eigenvalue weighted by atomic mass is 10.1. The summed E-state index contributed by atoms with van der Waals surface area (Å²) in [7, 11) is 0. The molecule has 2 rings (SSSR count). The summed E-state index contributed by atoms with van der Waals surface area (Å²) in [6, 6.07) is 0. The normalized spacial score (nSPS) is 41.3. The Morgan fingerprint density at radius 2 is 1.92 bits per heavy atom. The number of hydrogen-bond acceptors (Lipinski definition) is 2. The third kappa shape index (κ3) is 1.42. The fourth-order valence-electron chi connectivity index (χ4n) is 2.24. The van der Waals surface area contributed by atoms with Gasteiger partial charge in [0.25, 0.3) is 0 Å². The van der Waals surface area contributed by atoms with Crippen molar-refractivity contribution < 1.29 is 9.53 Å². The molecule has 1 aliphatic heterocycles. The summed E-state index contributed by atoms with van der Waals surface area (Å²) in [6.07, 6.45) is -0.125. The number of halogens is 3. The molecular formula is C8H9Br3O2. The van der Waals surface area contributed by atoms with Gasteiger partial charge in [-0.3, -0.25) is 4.79 Å². The van der Waals surface area contributed by atoms with Crippen LogP contribution in [0.25, 0.3) is 0 Å². The van der Waals surface area contributed by atoms with Gasteiger partial charge in [0.2, 0.25) is 0 Å². The lowest BCUT2D eigenvalue weighted by Gasteiger charge is -2.24. The standard InChI is InChI=1S/C8H9Br3O2/c1-7(2)3-4(7)6(12)13-5(3)8(9,10)11/h3-5H,1-2H3/t3-,4+,5+/m1/s1. The lowest BCUT2D eigenvalue weighted by Crippen LogP contribution is -2.30. The van der Waals surface area contributed by atoms with Crippen molar-refractivity contribution in [3.63, 3.8) is 0 Å². The molecule has 0 spiro atoms. The molecule has 1 saturated heterocycles. The highest BCUT2D eigenvalue weighted by Crippen LogP contribution is 2.68. The molecular weight excluding hydrogens is 368 g/mol. The van der Waals surface area contributed by atoms with Crippen molar-refractivity contribution in [2.24, 2.45) is 17.3 Å². The van der Waals surface area contributed by atoms with E-state index in [9.17, 15) is 4.79 Å². The van der Waals surface area contributed by atoms with Crippen molar-refractivity contribution in [1.29, 1.82) is 0 Å². The van der Waals surface area contributed by atoms with Crippen LogP contribution in [0.5, 0.6) is 0 Å². The fourth-order valence-corrected chi connectivity index (χ4v) is 3.37. The second-order valence-electron chi connectivity index (χ2n) is 4.22. The first kappa shape index (κ1) is 10.4. The van der Waals surface area contributed by atoms with Gasteiger partial charge < -0.3 is 4.74 Å². The van der Waals surface area contributed by atoms with Crippen LogP contribution in [0.15, 0.2) is 0 Å². The van der Waals surface area contributed by atoms with Crippen LogP contribution in [0.4, 0.5) is 0 Å². The Morgan fingerprint density at radius 3 is 2.15 bits per heavy atom. The summed E-state index contributed by atoms with van der Waals surface area (Å²) in [5.74, 6) is 0.338. The van der Waals surface area contributed by atoms with Crippen molar-refractivity contribution in [2.45, 2.75) is 22.1 Å². The Kier molecular flexibility index (Phi) is 2.19. The van der Waals surface area contributed by atoms with Crippen LogP contribution in [-0.2, 0) is 9.53 Å². The number of carbonyl (C=O) groups is 1. The first-order valence-corrected chi connectivity index (χ1v) is 6.41. The molecule has 0 amide bonds. The number of alkyl halides is 3. The Balaban J connectivity index is 2.24. The summed E-state index contributed by atoms with van der Waals surface area (Å²) >= 11 is 10.2. The van der Waals surface area contributed by atoms with Crippen LogP contribution in [0, 0.1) is 17.3 Å². The van der Waals surface area contributed by atoms with Crippen molar-refractivity contribution in [1.82, 2.24) is 0 Å². The largest absolute Gasteiger partial charge is 0.458 e. The Morgan fingerprint density at radius 1 is 1.38 bits per heavy atom. The van der Waals surface area contributed by atoms with Crippen LogP contribution in [0.3, 0.4) is 0 Å². The molecule has 1 aliphatic carbocycles. The van der Waals surface area contributed by atoms with Crippen molar-refractivity contribution in [3.8, 4) is 0 Å². The molecule has 0 N–H and O–H groups in total. The summed E-state index contributed by atoms with van der Waals surface area (Å²) in [5.41, 5.74) is 0.0978. The molecule has 0 radical (unpaired) electrons. The van der Waals surface area contributed by atoms with Gasteiger partial charge in [-0.15, -0.1) is 0 Å². The van der Waals surface area contributed by atoms with Gasteiger partial charge in [0.1, 0.15) is 6.10 Å². The molecule has 2 fully saturated rings. The molecule has 0 aromatic rings. The number of fused-ring (bicyclic) bond motifs is 1. The minimum atomic E-state index is -0.476. The van der Waals surface area contributed by atoms with Crippen molar-refractivity contribution in [2.75, 3.05) is 0 Å². The smallest absolute Gasteiger partial charge is 0.310 e. The van der Waals surface area contributed by atoms with E-state index in [4.69, 9.17) is 4.74 Å². The number of esters is 1. The minimum Gasteiger partial charge on any atom is -0.458 e. The van der Waals surface area contributed by atoms with E-state index in [1.807, 2.05) is 0 Å². The van der Waals surface area contributed by atoms with Gasteiger partial charge in [0.15, 0.2) is 2.14 Å². The van der Waals surface area contributed by atoms with Gasteiger partial charge in [0, 0.05) is 5.92 Å². The maximum absolute atomic E-state index is 11.4. The average Bonchev–Trinajstić information content (AvgIpc) is 2.35. The molecule has 1 saturated carbocycles. The van der Waals surface area contributed by atoms with Crippen LogP contribution < -0.4 is 0 Å². The van der Waals surface area contributed by atoms with Gasteiger partial charge in [-0.05, 0) is 5.41 Å². The highest BCUT2D eigenvalue weighted by Gasteiger charge is 2.73. The zero-order chi connectivity index (χ0) is 10.0. The van der Waals surface area contributed by atoms with Crippen molar-refractivity contribution >= 4 is 53.8 Å². The van der Waals surface area contributed by atoms with E-state index in [0.717, 1.165) is 0 Å². The molecule has 0 aromatic carbocycles. The second-order valence-corrected chi connectivity index (χ2v) is 11.2. The molecule has 0 unspecified atom stereocenters. The Labute approximate surface area is 102 Å². The fraction of sp³-hybridized carbons (Fsp3) is 0.875. The molecule has 74 valence electrons. The molecule has 2 aliphatic rings. The molecule has 3 atom stereocenters. The molecule has 5 heteroatoms. The predicted octanol–water partition coefficient (Wildman–Crippen LogP) is 3.02. The quantitative estimate of drug-likeness (QED) is 0.480. The number of cyclic esters (lactones) is 1. The molecule has 0 bridgehead atoms. The molecule has 0 aromatic heterocycles. The average molecular weight is 377 g/mol. The summed E-state index contributed by atoms with van der Waals surface area (Å²) in [5, 5.41) is 0. The molecule has 1 heterocycles. The number of hydrogen-bond donors (Lipinski definition) is 0. The second kappa shape index (κ2) is 2.73. The van der Waals surface area contributed by atoms with Crippen LogP contribution in [0.1, 0.15) is 13.8 Å². The SMILES string of the molecule is CC1(C)[C@@H]2[C@H]1C(=O)O[C@@H]2C(Br)(Br)Br. The predicted molar refractivity (Wildman–Crippen MR) is 60.2 cm³/mol. The topological polar surface area (TPSA) is 26.3 Å². The number of ether oxygens (including phenoxy) is 1. The van der Waals surface area contributed by atoms with E-state index >= 15 is 0 Å². The van der Waals surface area contributed by atoms with E-state index in [2.05, 4.69) is 61.6 Å². The third-order valence-corrected chi connectivity index (χ3v) is 4.41. The number of carbonyl (C=O) groups excluding carboxylic acids is 1. The van der Waals surface area contributed by atoms with Gasteiger partial charge in [-0.1, -0.05) is 61.6 Å².